The van der Waals surface area contributed by atoms with Crippen LogP contribution in [0.5, 0.6) is 5.75 Å². The fraction of sp³-hybridized carbons (Fsp3) is 0.556. The zero-order valence-electron chi connectivity index (χ0n) is 16.0. The van der Waals surface area contributed by atoms with Gasteiger partial charge in [-0.1, -0.05) is 12.1 Å². The van der Waals surface area contributed by atoms with Gasteiger partial charge < -0.3 is 25.4 Å². The number of amides is 1. The number of halogens is 1. The van der Waals surface area contributed by atoms with Crippen LogP contribution in [0.4, 0.5) is 0 Å². The summed E-state index contributed by atoms with van der Waals surface area (Å²) < 4.78 is 10.6. The van der Waals surface area contributed by atoms with Crippen molar-refractivity contribution < 1.29 is 14.3 Å². The molecule has 0 saturated carbocycles. The van der Waals surface area contributed by atoms with E-state index in [2.05, 4.69) is 20.9 Å². The van der Waals surface area contributed by atoms with Crippen molar-refractivity contribution in [1.82, 2.24) is 16.0 Å². The molecule has 0 aliphatic rings. The minimum atomic E-state index is -0.128. The first-order valence-electron chi connectivity index (χ1n) is 8.61. The topological polar surface area (TPSA) is 84.0 Å². The maximum Gasteiger partial charge on any atom is 0.257 e. The Hall–Kier alpha value is -1.55. The highest BCUT2D eigenvalue weighted by Crippen LogP contribution is 2.14. The highest BCUT2D eigenvalue weighted by Gasteiger charge is 2.05. The smallest absolute Gasteiger partial charge is 0.257 e. The van der Waals surface area contributed by atoms with E-state index in [1.165, 1.54) is 0 Å². The van der Waals surface area contributed by atoms with Gasteiger partial charge in [-0.3, -0.25) is 4.79 Å². The summed E-state index contributed by atoms with van der Waals surface area (Å²) in [6.45, 7) is 8.43. The predicted molar refractivity (Wildman–Crippen MR) is 115 cm³/mol. The zero-order valence-corrected chi connectivity index (χ0v) is 18.3. The Bertz CT molecular complexity index is 555. The van der Waals surface area contributed by atoms with Crippen LogP contribution in [0.3, 0.4) is 0 Å². The van der Waals surface area contributed by atoms with Crippen LogP contribution in [0.15, 0.2) is 29.3 Å². The molecule has 1 unspecified atom stereocenters. The van der Waals surface area contributed by atoms with Crippen LogP contribution >= 0.6 is 24.0 Å². The van der Waals surface area contributed by atoms with E-state index in [4.69, 9.17) is 9.47 Å². The molecule has 0 bridgehead atoms. The molecule has 0 saturated heterocycles. The van der Waals surface area contributed by atoms with Gasteiger partial charge in [-0.2, -0.15) is 0 Å². The Kier molecular flexibility index (Phi) is 13.7. The van der Waals surface area contributed by atoms with Crippen molar-refractivity contribution >= 4 is 35.8 Å². The van der Waals surface area contributed by atoms with Gasteiger partial charge in [0.2, 0.25) is 0 Å². The molecule has 148 valence electrons. The van der Waals surface area contributed by atoms with Crippen LogP contribution in [0.25, 0.3) is 0 Å². The van der Waals surface area contributed by atoms with Gasteiger partial charge in [-0.15, -0.1) is 24.0 Å². The molecule has 1 aromatic carbocycles. The van der Waals surface area contributed by atoms with E-state index in [9.17, 15) is 4.79 Å². The Morgan fingerprint density at radius 1 is 1.23 bits per heavy atom. The lowest BCUT2D eigenvalue weighted by molar-refractivity contribution is -0.122. The molecule has 7 nitrogen and oxygen atoms in total. The summed E-state index contributed by atoms with van der Waals surface area (Å²) in [4.78, 5) is 16.0. The number of hydrogen-bond donors (Lipinski definition) is 3. The minimum Gasteiger partial charge on any atom is -0.484 e. The second kappa shape index (κ2) is 14.6. The molecule has 0 spiro atoms. The Morgan fingerprint density at radius 2 is 1.96 bits per heavy atom. The van der Waals surface area contributed by atoms with E-state index in [0.29, 0.717) is 25.4 Å². The fourth-order valence-corrected chi connectivity index (χ4v) is 2.15. The molecule has 1 rings (SSSR count). The lowest BCUT2D eigenvalue weighted by atomic mass is 10.2. The van der Waals surface area contributed by atoms with E-state index >= 15 is 0 Å². The van der Waals surface area contributed by atoms with Gasteiger partial charge >= 0.3 is 0 Å². The average molecular weight is 478 g/mol. The van der Waals surface area contributed by atoms with E-state index < -0.39 is 0 Å². The summed E-state index contributed by atoms with van der Waals surface area (Å²) >= 11 is 0. The van der Waals surface area contributed by atoms with E-state index in [0.717, 1.165) is 18.1 Å². The average Bonchev–Trinajstić information content (AvgIpc) is 2.59. The summed E-state index contributed by atoms with van der Waals surface area (Å²) in [5, 5.41) is 9.20. The number of hydrogen-bond acceptors (Lipinski definition) is 4. The van der Waals surface area contributed by atoms with Gasteiger partial charge in [0, 0.05) is 26.2 Å². The van der Waals surface area contributed by atoms with Gasteiger partial charge in [0.1, 0.15) is 5.75 Å². The SMILES string of the molecule is CCNC(=O)COc1cccc(CN=C(NCC)NC(C)COC)c1.I. The standard InChI is InChI=1S/C18H30N4O3.HI/c1-5-19-17(23)13-25-16-9-7-8-15(10-16)11-21-18(20-6-2)22-14(3)12-24-4;/h7-10,14H,5-6,11-13H2,1-4H3,(H,19,23)(H2,20,21,22);1H. The van der Waals surface area contributed by atoms with Gasteiger partial charge in [0.05, 0.1) is 13.2 Å². The molecule has 0 radical (unpaired) electrons. The van der Waals surface area contributed by atoms with Crippen LogP contribution in [0.2, 0.25) is 0 Å². The molecule has 0 aromatic heterocycles. The monoisotopic (exact) mass is 478 g/mol. The number of carbonyl (C=O) groups is 1. The third-order valence-corrected chi connectivity index (χ3v) is 3.21. The number of guanidine groups is 1. The van der Waals surface area contributed by atoms with Gasteiger partial charge in [-0.25, -0.2) is 4.99 Å². The highest BCUT2D eigenvalue weighted by molar-refractivity contribution is 14.0. The molecule has 0 aliphatic heterocycles. The summed E-state index contributed by atoms with van der Waals surface area (Å²) in [5.41, 5.74) is 1.00. The third kappa shape index (κ3) is 10.4. The van der Waals surface area contributed by atoms with Gasteiger partial charge in [0.25, 0.3) is 5.91 Å². The number of methoxy groups -OCH3 is 1. The maximum atomic E-state index is 11.5. The predicted octanol–water partition coefficient (Wildman–Crippen LogP) is 1.91. The van der Waals surface area contributed by atoms with Crippen molar-refractivity contribution in [2.45, 2.75) is 33.4 Å². The number of benzene rings is 1. The highest BCUT2D eigenvalue weighted by atomic mass is 127. The summed E-state index contributed by atoms with van der Waals surface area (Å²) in [6.07, 6.45) is 0. The molecular formula is C18H31IN4O3. The second-order valence-electron chi connectivity index (χ2n) is 5.59. The molecule has 0 aliphatic carbocycles. The number of ether oxygens (including phenoxy) is 2. The van der Waals surface area contributed by atoms with E-state index in [1.807, 2.05) is 45.0 Å². The number of nitrogens with zero attached hydrogens (tertiary/aromatic N) is 1. The Morgan fingerprint density at radius 3 is 2.62 bits per heavy atom. The first kappa shape index (κ1) is 24.5. The van der Waals surface area contributed by atoms with E-state index in [-0.39, 0.29) is 42.5 Å². The second-order valence-corrected chi connectivity index (χ2v) is 5.59. The Balaban J connectivity index is 0.00000625. The maximum absolute atomic E-state index is 11.5. The zero-order chi connectivity index (χ0) is 18.5. The van der Waals surface area contributed by atoms with Crippen molar-refractivity contribution in [3.63, 3.8) is 0 Å². The number of likely N-dealkylation sites (N-methyl/N-ethyl adjacent to an activating group) is 1. The molecule has 1 amide bonds. The Labute approximate surface area is 173 Å². The number of rotatable bonds is 10. The molecule has 3 N–H and O–H groups in total. The first-order valence-corrected chi connectivity index (χ1v) is 8.61. The summed E-state index contributed by atoms with van der Waals surface area (Å²) in [5.74, 6) is 1.27. The van der Waals surface area contributed by atoms with Crippen molar-refractivity contribution in [2.24, 2.45) is 4.99 Å². The van der Waals surface area contributed by atoms with Crippen molar-refractivity contribution in [3.05, 3.63) is 29.8 Å². The largest absolute Gasteiger partial charge is 0.484 e. The van der Waals surface area contributed by atoms with Crippen molar-refractivity contribution in [1.29, 1.82) is 0 Å². The van der Waals surface area contributed by atoms with E-state index in [1.54, 1.807) is 7.11 Å². The number of nitrogens with one attached hydrogen (secondary N) is 3. The van der Waals surface area contributed by atoms with Crippen LogP contribution in [-0.2, 0) is 16.1 Å². The number of carbonyl (C=O) groups excluding carboxylic acids is 1. The molecule has 0 heterocycles. The van der Waals surface area contributed by atoms with Crippen molar-refractivity contribution in [3.8, 4) is 5.75 Å². The van der Waals surface area contributed by atoms with Gasteiger partial charge in [0.15, 0.2) is 12.6 Å². The van der Waals surface area contributed by atoms with Crippen LogP contribution in [0, 0.1) is 0 Å². The first-order chi connectivity index (χ1) is 12.1. The number of aliphatic imine (C=N–C) groups is 1. The summed E-state index contributed by atoms with van der Waals surface area (Å²) in [6, 6.07) is 7.76. The normalized spacial score (nSPS) is 11.9. The summed E-state index contributed by atoms with van der Waals surface area (Å²) in [7, 11) is 1.68. The lowest BCUT2D eigenvalue weighted by Crippen LogP contribution is -2.43. The fourth-order valence-electron chi connectivity index (χ4n) is 2.15. The molecule has 0 fully saturated rings. The molecule has 1 aromatic rings. The molecule has 1 atom stereocenters. The minimum absolute atomic E-state index is 0. The molecule has 8 heteroatoms. The van der Waals surface area contributed by atoms with Crippen LogP contribution in [-0.4, -0.2) is 51.3 Å². The molecular weight excluding hydrogens is 447 g/mol. The lowest BCUT2D eigenvalue weighted by Gasteiger charge is -2.17. The van der Waals surface area contributed by atoms with Crippen LogP contribution in [0.1, 0.15) is 26.3 Å². The quantitative estimate of drug-likeness (QED) is 0.272. The molecule has 26 heavy (non-hydrogen) atoms. The van der Waals surface area contributed by atoms with Crippen molar-refractivity contribution in [2.75, 3.05) is 33.4 Å². The van der Waals surface area contributed by atoms with Gasteiger partial charge in [-0.05, 0) is 38.5 Å². The third-order valence-electron chi connectivity index (χ3n) is 3.21. The van der Waals surface area contributed by atoms with Crippen LogP contribution < -0.4 is 20.7 Å².